The quantitative estimate of drug-likeness (QED) is 0.530. The highest BCUT2D eigenvalue weighted by Gasteiger charge is 2.33. The number of hydrogen-bond acceptors (Lipinski definition) is 7. The van der Waals surface area contributed by atoms with Crippen LogP contribution in [0.2, 0.25) is 0 Å². The van der Waals surface area contributed by atoms with Crippen molar-refractivity contribution >= 4 is 29.7 Å². The Morgan fingerprint density at radius 1 is 1.20 bits per heavy atom. The first kappa shape index (κ1) is 25.4. The van der Waals surface area contributed by atoms with Gasteiger partial charge >= 0.3 is 12.2 Å². The summed E-state index contributed by atoms with van der Waals surface area (Å²) in [6.07, 6.45) is -0.576. The molecule has 4 amide bonds. The maximum Gasteiger partial charge on any atom is 0.414 e. The number of nitrogens with one attached hydrogen (secondary N) is 3. The summed E-state index contributed by atoms with van der Waals surface area (Å²) < 4.78 is 25.0. The molecule has 3 rings (SSSR count). The number of rotatable bonds is 6. The molecule has 0 spiro atoms. The fourth-order valence-corrected chi connectivity index (χ4v) is 3.11. The van der Waals surface area contributed by atoms with E-state index in [1.54, 1.807) is 39.0 Å². The number of nitrogens with zero attached hydrogens (tertiary/aromatic N) is 2. The van der Waals surface area contributed by atoms with Gasteiger partial charge in [-0.1, -0.05) is 6.07 Å². The van der Waals surface area contributed by atoms with E-state index in [0.717, 1.165) is 6.07 Å². The highest BCUT2D eigenvalue weighted by molar-refractivity contribution is 5.97. The number of cyclic esters (lactones) is 1. The molecule has 1 aliphatic heterocycles. The van der Waals surface area contributed by atoms with Gasteiger partial charge in [0.1, 0.15) is 17.5 Å². The molecule has 11 nitrogen and oxygen atoms in total. The molecule has 1 aliphatic rings. The lowest BCUT2D eigenvalue weighted by Crippen LogP contribution is -2.42. The first-order chi connectivity index (χ1) is 16.5. The van der Waals surface area contributed by atoms with Crippen molar-refractivity contribution in [3.63, 3.8) is 0 Å². The van der Waals surface area contributed by atoms with Crippen LogP contribution in [0.1, 0.15) is 36.8 Å². The smallest absolute Gasteiger partial charge is 0.414 e. The third-order valence-corrected chi connectivity index (χ3v) is 4.64. The average Bonchev–Trinajstić information content (AvgIpc) is 3.16. The molecule has 0 bridgehead atoms. The van der Waals surface area contributed by atoms with Gasteiger partial charge in [-0.3, -0.25) is 30.3 Å². The number of benzene rings is 1. The van der Waals surface area contributed by atoms with Crippen LogP contribution in [0.3, 0.4) is 0 Å². The second kappa shape index (κ2) is 10.8. The third kappa shape index (κ3) is 7.39. The van der Waals surface area contributed by atoms with E-state index in [4.69, 9.17) is 9.47 Å². The second-order valence-corrected chi connectivity index (χ2v) is 8.66. The standard InChI is InChI=1S/C23H26FN5O6/c1-23(2,3)35-21(32)26-12-16-13-29(22(33)34-16)15-7-8-17(18(24)11-15)20(31)28-27-19(30)10-14-6-4-5-9-25-14/h4-9,11,16H,10,12-13H2,1-3H3,(H,26,32)(H,27,30)(H,28,31). The number of hydrazine groups is 1. The number of hydrogen-bond donors (Lipinski definition) is 3. The van der Waals surface area contributed by atoms with Crippen LogP contribution in [0.25, 0.3) is 0 Å². The van der Waals surface area contributed by atoms with Crippen molar-refractivity contribution in [1.82, 2.24) is 21.2 Å². The molecule has 1 saturated heterocycles. The Balaban J connectivity index is 1.53. The Labute approximate surface area is 200 Å². The topological polar surface area (TPSA) is 139 Å². The highest BCUT2D eigenvalue weighted by atomic mass is 19.1. The first-order valence-electron chi connectivity index (χ1n) is 10.8. The van der Waals surface area contributed by atoms with E-state index >= 15 is 0 Å². The SMILES string of the molecule is CC(C)(C)OC(=O)NCC1CN(c2ccc(C(=O)NNC(=O)Cc3ccccn3)c(F)c2)C(=O)O1. The predicted molar refractivity (Wildman–Crippen MR) is 122 cm³/mol. The normalized spacial score (nSPS) is 15.3. The molecular weight excluding hydrogens is 461 g/mol. The van der Waals surface area contributed by atoms with Crippen molar-refractivity contribution in [3.05, 3.63) is 59.7 Å². The predicted octanol–water partition coefficient (Wildman–Crippen LogP) is 2.07. The minimum absolute atomic E-state index is 0.0122. The van der Waals surface area contributed by atoms with E-state index in [-0.39, 0.29) is 30.8 Å². The summed E-state index contributed by atoms with van der Waals surface area (Å²) in [7, 11) is 0. The molecule has 0 radical (unpaired) electrons. The molecule has 3 N–H and O–H groups in total. The zero-order valence-corrected chi connectivity index (χ0v) is 19.5. The van der Waals surface area contributed by atoms with Gasteiger partial charge in [0.2, 0.25) is 5.91 Å². The van der Waals surface area contributed by atoms with Gasteiger partial charge < -0.3 is 14.8 Å². The molecule has 1 fully saturated rings. The van der Waals surface area contributed by atoms with Gasteiger partial charge in [-0.05, 0) is 51.1 Å². The average molecular weight is 487 g/mol. The van der Waals surface area contributed by atoms with Gasteiger partial charge in [-0.2, -0.15) is 0 Å². The molecule has 1 unspecified atom stereocenters. The molecular formula is C23H26FN5O6. The van der Waals surface area contributed by atoms with E-state index in [1.165, 1.54) is 23.2 Å². The number of amides is 4. The summed E-state index contributed by atoms with van der Waals surface area (Å²) >= 11 is 0. The van der Waals surface area contributed by atoms with Crippen molar-refractivity contribution in [2.45, 2.75) is 38.9 Å². The van der Waals surface area contributed by atoms with Crippen molar-refractivity contribution in [2.75, 3.05) is 18.0 Å². The lowest BCUT2D eigenvalue weighted by molar-refractivity contribution is -0.121. The van der Waals surface area contributed by atoms with Crippen LogP contribution in [0.5, 0.6) is 0 Å². The van der Waals surface area contributed by atoms with Crippen LogP contribution in [0.4, 0.5) is 19.7 Å². The molecule has 1 aromatic carbocycles. The maximum atomic E-state index is 14.6. The van der Waals surface area contributed by atoms with Gasteiger partial charge in [0.05, 0.1) is 30.8 Å². The summed E-state index contributed by atoms with van der Waals surface area (Å²) in [5.41, 5.74) is 4.02. The Bertz CT molecular complexity index is 1110. The Morgan fingerprint density at radius 2 is 1.97 bits per heavy atom. The largest absolute Gasteiger partial charge is 0.444 e. The summed E-state index contributed by atoms with van der Waals surface area (Å²) in [4.78, 5) is 53.4. The van der Waals surface area contributed by atoms with Crippen molar-refractivity contribution < 1.29 is 33.0 Å². The van der Waals surface area contributed by atoms with Gasteiger partial charge in [-0.15, -0.1) is 0 Å². The minimum Gasteiger partial charge on any atom is -0.444 e. The third-order valence-electron chi connectivity index (χ3n) is 4.64. The van der Waals surface area contributed by atoms with Crippen LogP contribution in [0, 0.1) is 5.82 Å². The maximum absolute atomic E-state index is 14.6. The number of alkyl carbamates (subject to hydrolysis) is 1. The monoisotopic (exact) mass is 487 g/mol. The number of halogens is 1. The fourth-order valence-electron chi connectivity index (χ4n) is 3.11. The summed E-state index contributed by atoms with van der Waals surface area (Å²) in [5, 5.41) is 2.52. The van der Waals surface area contributed by atoms with Crippen LogP contribution in [-0.4, -0.2) is 53.8 Å². The Morgan fingerprint density at radius 3 is 2.63 bits per heavy atom. The molecule has 35 heavy (non-hydrogen) atoms. The highest BCUT2D eigenvalue weighted by Crippen LogP contribution is 2.24. The van der Waals surface area contributed by atoms with E-state index in [2.05, 4.69) is 21.2 Å². The lowest BCUT2D eigenvalue weighted by atomic mass is 10.1. The van der Waals surface area contributed by atoms with E-state index in [0.29, 0.717) is 5.69 Å². The Kier molecular flexibility index (Phi) is 7.84. The lowest BCUT2D eigenvalue weighted by Gasteiger charge is -2.20. The van der Waals surface area contributed by atoms with E-state index < -0.39 is 41.5 Å². The molecule has 1 aromatic heterocycles. The number of ether oxygens (including phenoxy) is 2. The molecule has 0 saturated carbocycles. The molecule has 2 aromatic rings. The number of anilines is 1. The second-order valence-electron chi connectivity index (χ2n) is 8.66. The van der Waals surface area contributed by atoms with Crippen molar-refractivity contribution in [2.24, 2.45) is 0 Å². The summed E-state index contributed by atoms with van der Waals surface area (Å²) in [6, 6.07) is 8.65. The summed E-state index contributed by atoms with van der Waals surface area (Å²) in [5.74, 6) is -2.30. The van der Waals surface area contributed by atoms with E-state index in [9.17, 15) is 23.6 Å². The first-order valence-corrected chi connectivity index (χ1v) is 10.8. The van der Waals surface area contributed by atoms with Crippen LogP contribution >= 0.6 is 0 Å². The van der Waals surface area contributed by atoms with E-state index in [1.807, 2.05) is 0 Å². The molecule has 186 valence electrons. The molecule has 2 heterocycles. The number of carbonyl (C=O) groups excluding carboxylic acids is 4. The van der Waals surface area contributed by atoms with Gasteiger partial charge in [0.15, 0.2) is 0 Å². The van der Waals surface area contributed by atoms with Crippen molar-refractivity contribution in [1.29, 1.82) is 0 Å². The minimum atomic E-state index is -0.901. The van der Waals surface area contributed by atoms with Gasteiger partial charge in [0.25, 0.3) is 5.91 Å². The number of carbonyl (C=O) groups is 4. The molecule has 0 aliphatic carbocycles. The zero-order chi connectivity index (χ0) is 25.6. The van der Waals surface area contributed by atoms with Gasteiger partial charge in [0, 0.05) is 11.9 Å². The molecule has 1 atom stereocenters. The number of aromatic nitrogens is 1. The number of pyridine rings is 1. The van der Waals surface area contributed by atoms with Gasteiger partial charge in [-0.25, -0.2) is 14.0 Å². The van der Waals surface area contributed by atoms with Crippen LogP contribution in [0.15, 0.2) is 42.6 Å². The Hall–Kier alpha value is -4.22. The zero-order valence-electron chi connectivity index (χ0n) is 19.5. The summed E-state index contributed by atoms with van der Waals surface area (Å²) in [6.45, 7) is 5.23. The molecule has 12 heteroatoms. The van der Waals surface area contributed by atoms with Crippen LogP contribution in [-0.2, 0) is 20.7 Å². The van der Waals surface area contributed by atoms with Crippen molar-refractivity contribution in [3.8, 4) is 0 Å². The van der Waals surface area contributed by atoms with Crippen LogP contribution < -0.4 is 21.1 Å². The fraction of sp³-hybridized carbons (Fsp3) is 0.348.